The van der Waals surface area contributed by atoms with Crippen molar-refractivity contribution in [3.63, 3.8) is 0 Å². The summed E-state index contributed by atoms with van der Waals surface area (Å²) in [6.07, 6.45) is 6.15. The Balaban J connectivity index is 1.21. The van der Waals surface area contributed by atoms with Crippen LogP contribution in [-0.4, -0.2) is 113 Å². The zero-order valence-electron chi connectivity index (χ0n) is 38.3. The number of hydrogen-bond acceptors (Lipinski definition) is 12. The van der Waals surface area contributed by atoms with E-state index >= 15 is 0 Å². The van der Waals surface area contributed by atoms with Gasteiger partial charge in [0.2, 0.25) is 11.8 Å². The van der Waals surface area contributed by atoms with Gasteiger partial charge in [-0.05, 0) is 90.1 Å². The summed E-state index contributed by atoms with van der Waals surface area (Å²) in [6.45, 7) is 9.17. The molecule has 1 aliphatic carbocycles. The SMILES string of the molecule is COc1ccc(Cc2csc(-c3cccc4c3nc(O[C@@H]3C[C@H]5C(=O)N[C@]6(C(=O)NS(=O)(=O)N(C)C)C[C@H]6/C=C\CCCCC[C@H](NC(=O)OC(C)(C)C)C(=O)N5C3)n4C(C)C)n2)cc1. The highest BCUT2D eigenvalue weighted by atomic mass is 32.2. The van der Waals surface area contributed by atoms with E-state index in [0.29, 0.717) is 37.2 Å². The minimum atomic E-state index is -4.20. The number of alkyl carbamates (subject to hydrolysis) is 1. The number of nitrogens with zero attached hydrogens (tertiary/aromatic N) is 5. The molecule has 5 atom stereocenters. The van der Waals surface area contributed by atoms with E-state index in [2.05, 4.69) is 15.4 Å². The number of carbonyl (C=O) groups is 4. The molecule has 4 aromatic rings. The molecule has 4 heterocycles. The van der Waals surface area contributed by atoms with Crippen LogP contribution in [0.5, 0.6) is 11.8 Å². The number of methoxy groups -OCH3 is 1. The number of imidazole rings is 1. The standard InChI is InChI=1S/C46H60N8O9S2/c1-28(2)54-36-18-14-16-34(40-47-31(27-64-40)23-29-19-21-32(61-8)22-20-29)38(36)49-43(54)62-33-24-37-39(55)50-46(42(57)51-65(59,60)52(6)7)25-30(46)15-12-10-9-11-13-17-35(41(56)53(37)26-33)48-44(58)63-45(3,4)5/h12,14-16,18-22,27-28,30,33,35,37H,9-11,13,17,23-26H2,1-8H3,(H,48,58)(H,50,55)(H,51,57)/b15-12-/t30-,33-,35+,37+,46-/m1/s1. The summed E-state index contributed by atoms with van der Waals surface area (Å²) in [7, 11) is 0.0356. The van der Waals surface area contributed by atoms with Crippen LogP contribution in [-0.2, 0) is 35.8 Å². The first-order chi connectivity index (χ1) is 30.8. The second kappa shape index (κ2) is 19.1. The van der Waals surface area contributed by atoms with Gasteiger partial charge in [-0.2, -0.15) is 17.7 Å². The summed E-state index contributed by atoms with van der Waals surface area (Å²) in [5.41, 5.74) is 1.93. The summed E-state index contributed by atoms with van der Waals surface area (Å²) < 4.78 is 48.3. The fourth-order valence-corrected chi connectivity index (χ4v) is 9.82. The maximum Gasteiger partial charge on any atom is 0.408 e. The second-order valence-corrected chi connectivity index (χ2v) is 21.2. The molecule has 1 saturated heterocycles. The molecule has 2 aliphatic heterocycles. The molecule has 3 aliphatic rings. The Kier molecular flexibility index (Phi) is 14.0. The van der Waals surface area contributed by atoms with E-state index in [9.17, 15) is 27.6 Å². The molecular weight excluding hydrogens is 873 g/mol. The number of thiazole rings is 1. The van der Waals surface area contributed by atoms with Crippen LogP contribution in [0, 0.1) is 5.92 Å². The lowest BCUT2D eigenvalue weighted by Gasteiger charge is -2.30. The molecule has 7 rings (SSSR count). The predicted molar refractivity (Wildman–Crippen MR) is 247 cm³/mol. The average Bonchev–Trinajstić information content (AvgIpc) is 3.55. The zero-order valence-corrected chi connectivity index (χ0v) is 39.9. The van der Waals surface area contributed by atoms with E-state index in [4.69, 9.17) is 24.2 Å². The molecule has 0 spiro atoms. The van der Waals surface area contributed by atoms with Crippen LogP contribution in [0.15, 0.2) is 60.0 Å². The van der Waals surface area contributed by atoms with Crippen LogP contribution in [0.25, 0.3) is 21.6 Å². The number of amides is 4. The van der Waals surface area contributed by atoms with Gasteiger partial charge in [0.15, 0.2) is 0 Å². The molecule has 0 radical (unpaired) electrons. The van der Waals surface area contributed by atoms with Gasteiger partial charge in [-0.25, -0.2) is 14.5 Å². The number of benzene rings is 2. The number of para-hydroxylation sites is 1. The molecule has 65 heavy (non-hydrogen) atoms. The lowest BCUT2D eigenvalue weighted by molar-refractivity contribution is -0.141. The lowest BCUT2D eigenvalue weighted by atomic mass is 10.0. The Morgan fingerprint density at radius 3 is 2.51 bits per heavy atom. The maximum absolute atomic E-state index is 14.8. The number of ether oxygens (including phenoxy) is 3. The van der Waals surface area contributed by atoms with Crippen molar-refractivity contribution in [1.82, 2.24) is 39.1 Å². The van der Waals surface area contributed by atoms with Crippen molar-refractivity contribution in [3.05, 3.63) is 71.3 Å². The van der Waals surface area contributed by atoms with Gasteiger partial charge in [0, 0.05) is 49.8 Å². The van der Waals surface area contributed by atoms with Gasteiger partial charge < -0.3 is 29.7 Å². The van der Waals surface area contributed by atoms with E-state index in [1.807, 2.05) is 78.4 Å². The first-order valence-electron chi connectivity index (χ1n) is 22.1. The fraction of sp³-hybridized carbons (Fsp3) is 0.522. The van der Waals surface area contributed by atoms with E-state index < -0.39 is 69.3 Å². The number of allylic oxidation sites excluding steroid dienone is 1. The van der Waals surface area contributed by atoms with Crippen LogP contribution in [0.4, 0.5) is 4.79 Å². The van der Waals surface area contributed by atoms with Gasteiger partial charge in [0.05, 0.1) is 24.9 Å². The molecule has 2 aromatic heterocycles. The van der Waals surface area contributed by atoms with Crippen molar-refractivity contribution in [3.8, 4) is 22.3 Å². The fourth-order valence-electron chi connectivity index (χ4n) is 8.38. The monoisotopic (exact) mass is 932 g/mol. The van der Waals surface area contributed by atoms with E-state index in [0.717, 1.165) is 50.2 Å². The summed E-state index contributed by atoms with van der Waals surface area (Å²) in [4.78, 5) is 67.8. The first kappa shape index (κ1) is 47.4. The summed E-state index contributed by atoms with van der Waals surface area (Å²) in [6, 6.07) is 11.8. The topological polar surface area (TPSA) is 203 Å². The van der Waals surface area contributed by atoms with Crippen molar-refractivity contribution < 1.29 is 41.8 Å². The molecule has 350 valence electrons. The Morgan fingerprint density at radius 2 is 1.82 bits per heavy atom. The van der Waals surface area contributed by atoms with E-state index in [-0.39, 0.29) is 25.4 Å². The van der Waals surface area contributed by atoms with Gasteiger partial charge in [-0.1, -0.05) is 43.2 Å². The molecule has 2 fully saturated rings. The maximum atomic E-state index is 14.8. The third-order valence-electron chi connectivity index (χ3n) is 11.8. The quantitative estimate of drug-likeness (QED) is 0.151. The van der Waals surface area contributed by atoms with Crippen molar-refractivity contribution in [2.24, 2.45) is 5.92 Å². The number of carbonyl (C=O) groups excluding carboxylic acids is 4. The molecule has 17 nitrogen and oxygen atoms in total. The molecule has 2 aromatic carbocycles. The van der Waals surface area contributed by atoms with Crippen molar-refractivity contribution in [1.29, 1.82) is 0 Å². The average molecular weight is 933 g/mol. The predicted octanol–water partition coefficient (Wildman–Crippen LogP) is 5.90. The Hall–Kier alpha value is -5.53. The molecule has 3 N–H and O–H groups in total. The first-order valence-corrected chi connectivity index (χ1v) is 24.4. The summed E-state index contributed by atoms with van der Waals surface area (Å²) in [5.74, 6) is -1.74. The Morgan fingerprint density at radius 1 is 1.06 bits per heavy atom. The number of fused-ring (bicyclic) bond motifs is 3. The molecular formula is C46H60N8O9S2. The smallest absolute Gasteiger partial charge is 0.408 e. The number of hydrogen-bond donors (Lipinski definition) is 3. The number of aromatic nitrogens is 3. The molecule has 1 saturated carbocycles. The number of rotatable bonds is 11. The third-order valence-corrected chi connectivity index (χ3v) is 14.2. The molecule has 0 bridgehead atoms. The van der Waals surface area contributed by atoms with Crippen LogP contribution in [0.1, 0.15) is 96.9 Å². The van der Waals surface area contributed by atoms with Gasteiger partial charge in [-0.3, -0.25) is 19.0 Å². The van der Waals surface area contributed by atoms with Gasteiger partial charge in [0.1, 0.15) is 45.6 Å². The van der Waals surface area contributed by atoms with E-state index in [1.165, 1.54) is 30.3 Å². The van der Waals surface area contributed by atoms with Crippen LogP contribution >= 0.6 is 11.3 Å². The van der Waals surface area contributed by atoms with Crippen LogP contribution < -0.4 is 24.8 Å². The Bertz CT molecular complexity index is 2550. The van der Waals surface area contributed by atoms with Gasteiger partial charge >= 0.3 is 16.3 Å². The van der Waals surface area contributed by atoms with Crippen molar-refractivity contribution in [2.75, 3.05) is 27.7 Å². The largest absolute Gasteiger partial charge is 0.497 e. The minimum Gasteiger partial charge on any atom is -0.497 e. The lowest BCUT2D eigenvalue weighted by Crippen LogP contribution is -2.58. The second-order valence-electron chi connectivity index (χ2n) is 18.4. The summed E-state index contributed by atoms with van der Waals surface area (Å²) in [5, 5.41) is 8.48. The number of nitrogens with one attached hydrogen (secondary N) is 3. The highest BCUT2D eigenvalue weighted by Gasteiger charge is 2.62. The highest BCUT2D eigenvalue weighted by molar-refractivity contribution is 7.87. The minimum absolute atomic E-state index is 0.0142. The normalized spacial score (nSPS) is 23.5. The van der Waals surface area contributed by atoms with Crippen LogP contribution in [0.2, 0.25) is 0 Å². The third kappa shape index (κ3) is 10.8. The van der Waals surface area contributed by atoms with Gasteiger partial charge in [0.25, 0.3) is 11.9 Å². The van der Waals surface area contributed by atoms with Gasteiger partial charge in [-0.15, -0.1) is 11.3 Å². The van der Waals surface area contributed by atoms with E-state index in [1.54, 1.807) is 27.9 Å². The zero-order chi connectivity index (χ0) is 46.8. The molecule has 19 heteroatoms. The highest BCUT2D eigenvalue weighted by Crippen LogP contribution is 2.46. The van der Waals surface area contributed by atoms with Crippen molar-refractivity contribution >= 4 is 56.4 Å². The molecule has 0 unspecified atom stereocenters. The van der Waals surface area contributed by atoms with Crippen molar-refractivity contribution in [2.45, 2.75) is 121 Å². The summed E-state index contributed by atoms with van der Waals surface area (Å²) >= 11 is 1.52. The Labute approximate surface area is 384 Å². The van der Waals surface area contributed by atoms with Crippen LogP contribution in [0.3, 0.4) is 0 Å². The molecule has 4 amide bonds.